The third-order valence-corrected chi connectivity index (χ3v) is 4.49. The van der Waals surface area contributed by atoms with E-state index < -0.39 is 23.7 Å². The minimum absolute atomic E-state index is 0.187. The molecule has 7 heteroatoms. The molecule has 1 atom stereocenters. The molecule has 0 aliphatic heterocycles. The van der Waals surface area contributed by atoms with Crippen molar-refractivity contribution in [3.63, 3.8) is 0 Å². The van der Waals surface area contributed by atoms with Gasteiger partial charge in [-0.2, -0.15) is 5.10 Å². The van der Waals surface area contributed by atoms with Gasteiger partial charge < -0.3 is 10.4 Å². The van der Waals surface area contributed by atoms with Crippen molar-refractivity contribution in [3.05, 3.63) is 46.5 Å². The Labute approximate surface area is 144 Å². The van der Waals surface area contributed by atoms with Crippen LogP contribution in [0.25, 0.3) is 5.69 Å². The van der Waals surface area contributed by atoms with Gasteiger partial charge in [-0.25, -0.2) is 13.9 Å². The van der Waals surface area contributed by atoms with Crippen LogP contribution in [-0.4, -0.2) is 32.8 Å². The standard InChI is InChI=1S/C18H20FN3O3/c1-3-13(18(24)25)20-17(23)16-11-5-4-6-14(11)22(21-16)15-8-7-10(2)9-12(15)19/h7-9,13H,3-6H2,1-2H3,(H,20,23)(H,24,25). The van der Waals surface area contributed by atoms with Crippen LogP contribution in [0.3, 0.4) is 0 Å². The molecule has 1 amide bonds. The van der Waals surface area contributed by atoms with Crippen molar-refractivity contribution in [3.8, 4) is 5.69 Å². The van der Waals surface area contributed by atoms with Crippen LogP contribution >= 0.6 is 0 Å². The number of carbonyl (C=O) groups excluding carboxylic acids is 1. The van der Waals surface area contributed by atoms with E-state index in [1.54, 1.807) is 26.0 Å². The zero-order valence-electron chi connectivity index (χ0n) is 14.2. The zero-order chi connectivity index (χ0) is 18.1. The Bertz CT molecular complexity index is 844. The second-order valence-corrected chi connectivity index (χ2v) is 6.27. The van der Waals surface area contributed by atoms with Gasteiger partial charge in [-0.3, -0.25) is 4.79 Å². The number of fused-ring (bicyclic) bond motifs is 1. The first kappa shape index (κ1) is 17.1. The molecule has 1 aromatic heterocycles. The fourth-order valence-corrected chi connectivity index (χ4v) is 3.17. The van der Waals surface area contributed by atoms with Gasteiger partial charge in [0.25, 0.3) is 5.91 Å². The first-order chi connectivity index (χ1) is 11.9. The topological polar surface area (TPSA) is 84.2 Å². The molecule has 1 unspecified atom stereocenters. The zero-order valence-corrected chi connectivity index (χ0v) is 14.2. The molecule has 25 heavy (non-hydrogen) atoms. The molecule has 0 saturated carbocycles. The Hall–Kier alpha value is -2.70. The van der Waals surface area contributed by atoms with E-state index >= 15 is 0 Å². The number of aryl methyl sites for hydroxylation is 1. The second-order valence-electron chi connectivity index (χ2n) is 6.27. The van der Waals surface area contributed by atoms with Crippen molar-refractivity contribution in [2.45, 2.75) is 45.6 Å². The van der Waals surface area contributed by atoms with E-state index in [2.05, 4.69) is 10.4 Å². The number of benzene rings is 1. The number of carbonyl (C=O) groups is 2. The summed E-state index contributed by atoms with van der Waals surface area (Å²) in [7, 11) is 0. The number of aromatic nitrogens is 2. The first-order valence-electron chi connectivity index (χ1n) is 8.33. The summed E-state index contributed by atoms with van der Waals surface area (Å²) in [5.41, 5.74) is 2.88. The molecule has 0 saturated heterocycles. The molecule has 6 nitrogen and oxygen atoms in total. The monoisotopic (exact) mass is 345 g/mol. The van der Waals surface area contributed by atoms with Crippen LogP contribution in [0.5, 0.6) is 0 Å². The molecule has 0 fully saturated rings. The fraction of sp³-hybridized carbons (Fsp3) is 0.389. The maximum atomic E-state index is 14.3. The number of aliphatic carboxylic acids is 1. The van der Waals surface area contributed by atoms with Crippen molar-refractivity contribution in [2.75, 3.05) is 0 Å². The van der Waals surface area contributed by atoms with Gasteiger partial charge in [0.05, 0.1) is 0 Å². The van der Waals surface area contributed by atoms with Crippen molar-refractivity contribution in [1.82, 2.24) is 15.1 Å². The molecule has 132 valence electrons. The molecule has 1 aliphatic carbocycles. The molecule has 1 heterocycles. The highest BCUT2D eigenvalue weighted by molar-refractivity contribution is 5.96. The highest BCUT2D eigenvalue weighted by atomic mass is 19.1. The van der Waals surface area contributed by atoms with Gasteiger partial charge in [0.15, 0.2) is 5.69 Å². The van der Waals surface area contributed by atoms with E-state index in [0.29, 0.717) is 18.5 Å². The molecule has 0 bridgehead atoms. The number of carboxylic acid groups (broad SMARTS) is 1. The average Bonchev–Trinajstić information content (AvgIpc) is 3.15. The predicted molar refractivity (Wildman–Crippen MR) is 89.5 cm³/mol. The van der Waals surface area contributed by atoms with E-state index in [-0.39, 0.29) is 12.1 Å². The largest absolute Gasteiger partial charge is 0.480 e. The van der Waals surface area contributed by atoms with Crippen LogP contribution in [-0.2, 0) is 17.6 Å². The first-order valence-corrected chi connectivity index (χ1v) is 8.33. The summed E-state index contributed by atoms with van der Waals surface area (Å²) in [6.45, 7) is 3.49. The number of hydrogen-bond acceptors (Lipinski definition) is 3. The Kier molecular flexibility index (Phi) is 4.57. The highest BCUT2D eigenvalue weighted by Gasteiger charge is 2.29. The molecule has 0 radical (unpaired) electrons. The molecule has 2 N–H and O–H groups in total. The van der Waals surface area contributed by atoms with Gasteiger partial charge >= 0.3 is 5.97 Å². The normalized spacial score (nSPS) is 14.2. The number of nitrogens with one attached hydrogen (secondary N) is 1. The lowest BCUT2D eigenvalue weighted by molar-refractivity contribution is -0.139. The average molecular weight is 345 g/mol. The smallest absolute Gasteiger partial charge is 0.326 e. The van der Waals surface area contributed by atoms with Crippen LogP contribution < -0.4 is 5.32 Å². The van der Waals surface area contributed by atoms with Crippen LogP contribution in [0, 0.1) is 12.7 Å². The van der Waals surface area contributed by atoms with E-state index in [0.717, 1.165) is 23.2 Å². The maximum absolute atomic E-state index is 14.3. The number of rotatable bonds is 5. The molecular formula is C18H20FN3O3. The van der Waals surface area contributed by atoms with Crippen molar-refractivity contribution in [2.24, 2.45) is 0 Å². The predicted octanol–water partition coefficient (Wildman–Crippen LogP) is 2.40. The van der Waals surface area contributed by atoms with Crippen molar-refractivity contribution >= 4 is 11.9 Å². The van der Waals surface area contributed by atoms with Crippen LogP contribution in [0.1, 0.15) is 47.1 Å². The Morgan fingerprint density at radius 1 is 1.40 bits per heavy atom. The van der Waals surface area contributed by atoms with Gasteiger partial charge in [-0.1, -0.05) is 13.0 Å². The Morgan fingerprint density at radius 2 is 2.16 bits per heavy atom. The lowest BCUT2D eigenvalue weighted by Crippen LogP contribution is -2.40. The molecule has 1 aliphatic rings. The minimum Gasteiger partial charge on any atom is -0.480 e. The summed E-state index contributed by atoms with van der Waals surface area (Å²) >= 11 is 0. The Morgan fingerprint density at radius 3 is 2.80 bits per heavy atom. The number of halogens is 1. The quantitative estimate of drug-likeness (QED) is 0.871. The van der Waals surface area contributed by atoms with Crippen molar-refractivity contribution in [1.29, 1.82) is 0 Å². The summed E-state index contributed by atoms with van der Waals surface area (Å²) in [6.07, 6.45) is 2.52. The number of amides is 1. The number of carboxylic acids is 1. The molecule has 0 spiro atoms. The summed E-state index contributed by atoms with van der Waals surface area (Å²) < 4.78 is 15.8. The SMILES string of the molecule is CCC(NC(=O)c1nn(-c2ccc(C)cc2F)c2c1CCC2)C(=O)O. The molecule has 1 aromatic carbocycles. The van der Waals surface area contributed by atoms with Crippen LogP contribution in [0.2, 0.25) is 0 Å². The Balaban J connectivity index is 2.00. The number of nitrogens with zero attached hydrogens (tertiary/aromatic N) is 2. The van der Waals surface area contributed by atoms with Gasteiger partial charge in [-0.05, 0) is 50.3 Å². The summed E-state index contributed by atoms with van der Waals surface area (Å²) in [5.74, 6) is -2.02. The van der Waals surface area contributed by atoms with E-state index in [9.17, 15) is 14.0 Å². The molecule has 3 rings (SSSR count). The maximum Gasteiger partial charge on any atom is 0.326 e. The van der Waals surface area contributed by atoms with Crippen molar-refractivity contribution < 1.29 is 19.1 Å². The van der Waals surface area contributed by atoms with Gasteiger partial charge in [0, 0.05) is 11.3 Å². The summed E-state index contributed by atoms with van der Waals surface area (Å²) in [6, 6.07) is 3.89. The minimum atomic E-state index is -1.09. The third-order valence-electron chi connectivity index (χ3n) is 4.49. The molecule has 2 aromatic rings. The van der Waals surface area contributed by atoms with Gasteiger partial charge in [0.1, 0.15) is 17.5 Å². The third kappa shape index (κ3) is 3.14. The molecular weight excluding hydrogens is 325 g/mol. The lowest BCUT2D eigenvalue weighted by atomic mass is 10.1. The fourth-order valence-electron chi connectivity index (χ4n) is 3.17. The lowest BCUT2D eigenvalue weighted by Gasteiger charge is -2.11. The summed E-state index contributed by atoms with van der Waals surface area (Å²) in [4.78, 5) is 23.7. The summed E-state index contributed by atoms with van der Waals surface area (Å²) in [5, 5.41) is 15.9. The van der Waals surface area contributed by atoms with E-state index in [4.69, 9.17) is 5.11 Å². The van der Waals surface area contributed by atoms with Gasteiger partial charge in [0.2, 0.25) is 0 Å². The van der Waals surface area contributed by atoms with Gasteiger partial charge in [-0.15, -0.1) is 0 Å². The van der Waals surface area contributed by atoms with Crippen LogP contribution in [0.15, 0.2) is 18.2 Å². The highest BCUT2D eigenvalue weighted by Crippen LogP contribution is 2.29. The van der Waals surface area contributed by atoms with E-state index in [1.165, 1.54) is 10.7 Å². The number of hydrogen-bond donors (Lipinski definition) is 2. The second kappa shape index (κ2) is 6.66. The van der Waals surface area contributed by atoms with E-state index in [1.807, 2.05) is 0 Å². The van der Waals surface area contributed by atoms with Crippen LogP contribution in [0.4, 0.5) is 4.39 Å².